The van der Waals surface area contributed by atoms with Crippen LogP contribution in [0.5, 0.6) is 0 Å². The second kappa shape index (κ2) is 4.87. The lowest BCUT2D eigenvalue weighted by Gasteiger charge is -2.10. The van der Waals surface area contributed by atoms with Crippen LogP contribution in [-0.2, 0) is 9.59 Å². The van der Waals surface area contributed by atoms with Gasteiger partial charge >= 0.3 is 5.97 Å². The third-order valence-corrected chi connectivity index (χ3v) is 3.02. The van der Waals surface area contributed by atoms with Crippen LogP contribution in [0.1, 0.15) is 24.0 Å². The summed E-state index contributed by atoms with van der Waals surface area (Å²) < 4.78 is 4.82. The molecule has 7 heteroatoms. The van der Waals surface area contributed by atoms with Gasteiger partial charge in [0.15, 0.2) is 17.6 Å². The molecule has 0 radical (unpaired) electrons. The van der Waals surface area contributed by atoms with E-state index in [2.05, 4.69) is 10.5 Å². The van der Waals surface area contributed by atoms with E-state index in [1.165, 1.54) is 6.07 Å². The predicted molar refractivity (Wildman–Crippen MR) is 58.7 cm³/mol. The van der Waals surface area contributed by atoms with Crippen LogP contribution >= 0.6 is 0 Å². The number of Topliss-reactive ketones (excluding diaryl/α,β-unsaturated/α-hetero) is 1. The van der Waals surface area contributed by atoms with Gasteiger partial charge in [-0.25, -0.2) is 0 Å². The second-order valence-corrected chi connectivity index (χ2v) is 4.41. The first kappa shape index (κ1) is 12.7. The van der Waals surface area contributed by atoms with Crippen LogP contribution in [0.4, 0.5) is 0 Å². The van der Waals surface area contributed by atoms with Crippen molar-refractivity contribution in [1.82, 2.24) is 10.5 Å². The zero-order chi connectivity index (χ0) is 13.3. The molecule has 1 aliphatic heterocycles. The Bertz CT molecular complexity index is 470. The minimum atomic E-state index is -1.38. The molecule has 3 N–H and O–H groups in total. The number of aliphatic carboxylic acids is 1. The van der Waals surface area contributed by atoms with Crippen molar-refractivity contribution in [1.29, 1.82) is 0 Å². The summed E-state index contributed by atoms with van der Waals surface area (Å²) in [6, 6.07) is 0.752. The zero-order valence-electron chi connectivity index (χ0n) is 9.79. The number of carboxylic acid groups (broad SMARTS) is 1. The van der Waals surface area contributed by atoms with Crippen molar-refractivity contribution in [2.75, 3.05) is 6.54 Å². The minimum Gasteiger partial charge on any atom is -0.480 e. The number of rotatable bonds is 4. The summed E-state index contributed by atoms with van der Waals surface area (Å²) in [5, 5.41) is 24.9. The lowest BCUT2D eigenvalue weighted by Crippen LogP contribution is -2.30. The summed E-state index contributed by atoms with van der Waals surface area (Å²) in [6.07, 6.45) is -1.20. The normalized spacial score (nSPS) is 25.0. The lowest BCUT2D eigenvalue weighted by molar-refractivity contribution is -0.139. The van der Waals surface area contributed by atoms with Crippen molar-refractivity contribution >= 4 is 11.8 Å². The first-order valence-electron chi connectivity index (χ1n) is 5.60. The molecule has 18 heavy (non-hydrogen) atoms. The molecule has 1 aromatic heterocycles. The van der Waals surface area contributed by atoms with Gasteiger partial charge in [0.1, 0.15) is 6.04 Å². The molecule has 0 aliphatic carbocycles. The fourth-order valence-corrected chi connectivity index (χ4v) is 2.02. The van der Waals surface area contributed by atoms with Crippen LogP contribution in [0.25, 0.3) is 0 Å². The van der Waals surface area contributed by atoms with E-state index in [1.54, 1.807) is 6.92 Å². The van der Waals surface area contributed by atoms with Crippen molar-refractivity contribution in [3.63, 3.8) is 0 Å². The van der Waals surface area contributed by atoms with Crippen molar-refractivity contribution in [2.24, 2.45) is 5.92 Å². The maximum absolute atomic E-state index is 12.0. The molecule has 1 aliphatic rings. The van der Waals surface area contributed by atoms with Crippen molar-refractivity contribution in [3.05, 3.63) is 17.5 Å². The first-order valence-corrected chi connectivity index (χ1v) is 5.60. The van der Waals surface area contributed by atoms with E-state index in [0.29, 0.717) is 5.69 Å². The molecule has 1 aromatic rings. The number of carboxylic acids is 1. The Labute approximate surface area is 103 Å². The van der Waals surface area contributed by atoms with Crippen LogP contribution in [-0.4, -0.2) is 39.7 Å². The van der Waals surface area contributed by atoms with E-state index in [-0.39, 0.29) is 18.7 Å². The van der Waals surface area contributed by atoms with Gasteiger partial charge in [0.05, 0.1) is 5.69 Å². The zero-order valence-corrected chi connectivity index (χ0v) is 9.79. The van der Waals surface area contributed by atoms with Crippen LogP contribution < -0.4 is 5.32 Å². The second-order valence-electron chi connectivity index (χ2n) is 4.41. The number of ketones is 1. The number of aliphatic hydroxyl groups excluding tert-OH is 1. The molecule has 0 amide bonds. The number of aliphatic hydroxyl groups is 1. The molecular weight excluding hydrogens is 240 g/mol. The molecule has 2 rings (SSSR count). The van der Waals surface area contributed by atoms with E-state index in [1.807, 2.05) is 0 Å². The number of aryl methyl sites for hydroxylation is 1. The van der Waals surface area contributed by atoms with E-state index < -0.39 is 29.8 Å². The minimum absolute atomic E-state index is 0.0938. The van der Waals surface area contributed by atoms with Crippen LogP contribution in [0.3, 0.4) is 0 Å². The molecule has 0 aromatic carbocycles. The van der Waals surface area contributed by atoms with Gasteiger partial charge in [-0.3, -0.25) is 9.59 Å². The van der Waals surface area contributed by atoms with Crippen molar-refractivity contribution < 1.29 is 24.3 Å². The number of nitrogens with zero attached hydrogens (tertiary/aromatic N) is 1. The van der Waals surface area contributed by atoms with E-state index in [9.17, 15) is 14.7 Å². The molecule has 7 nitrogen and oxygen atoms in total. The van der Waals surface area contributed by atoms with Gasteiger partial charge in [0.25, 0.3) is 0 Å². The average molecular weight is 254 g/mol. The van der Waals surface area contributed by atoms with E-state index in [4.69, 9.17) is 9.63 Å². The van der Waals surface area contributed by atoms with Crippen molar-refractivity contribution in [3.8, 4) is 0 Å². The van der Waals surface area contributed by atoms with Gasteiger partial charge in [0, 0.05) is 18.5 Å². The Morgan fingerprint density at radius 2 is 2.33 bits per heavy atom. The molecule has 0 saturated carbocycles. The summed E-state index contributed by atoms with van der Waals surface area (Å²) in [6.45, 7) is 1.93. The SMILES string of the molecule is Cc1cc(C(O)C(=O)C2CNC(C(=O)O)C2)on1. The summed E-state index contributed by atoms with van der Waals surface area (Å²) >= 11 is 0. The summed E-state index contributed by atoms with van der Waals surface area (Å²) in [5.41, 5.74) is 0.574. The molecule has 98 valence electrons. The quantitative estimate of drug-likeness (QED) is 0.673. The number of carbonyl (C=O) groups excluding carboxylic acids is 1. The monoisotopic (exact) mass is 254 g/mol. The molecule has 1 fully saturated rings. The highest BCUT2D eigenvalue weighted by Crippen LogP contribution is 2.24. The van der Waals surface area contributed by atoms with Gasteiger partial charge in [0.2, 0.25) is 0 Å². The Hall–Kier alpha value is -1.73. The molecule has 3 atom stereocenters. The average Bonchev–Trinajstić information content (AvgIpc) is 2.95. The van der Waals surface area contributed by atoms with Gasteiger partial charge in [-0.15, -0.1) is 0 Å². The number of hydrogen-bond acceptors (Lipinski definition) is 6. The lowest BCUT2D eigenvalue weighted by atomic mass is 9.95. The maximum atomic E-state index is 12.0. The Balaban J connectivity index is 2.02. The molecule has 0 spiro atoms. The Morgan fingerprint density at radius 1 is 1.61 bits per heavy atom. The predicted octanol–water partition coefficient (Wildman–Crippen LogP) is -0.352. The molecule has 3 unspecified atom stereocenters. The van der Waals surface area contributed by atoms with Gasteiger partial charge < -0.3 is 20.1 Å². The molecule has 0 bridgehead atoms. The number of hydrogen-bond donors (Lipinski definition) is 3. The van der Waals surface area contributed by atoms with Crippen LogP contribution in [0.15, 0.2) is 10.6 Å². The third kappa shape index (κ3) is 2.41. The largest absolute Gasteiger partial charge is 0.480 e. The van der Waals surface area contributed by atoms with Crippen molar-refractivity contribution in [2.45, 2.75) is 25.5 Å². The highest BCUT2D eigenvalue weighted by molar-refractivity contribution is 5.87. The number of aromatic nitrogens is 1. The summed E-state index contributed by atoms with van der Waals surface area (Å²) in [5.74, 6) is -1.86. The summed E-state index contributed by atoms with van der Waals surface area (Å²) in [4.78, 5) is 22.7. The molecule has 2 heterocycles. The Kier molecular flexibility index (Phi) is 3.44. The molecule has 1 saturated heterocycles. The highest BCUT2D eigenvalue weighted by Gasteiger charge is 2.37. The summed E-state index contributed by atoms with van der Waals surface area (Å²) in [7, 11) is 0. The first-order chi connectivity index (χ1) is 8.49. The number of nitrogens with one attached hydrogen (secondary N) is 1. The maximum Gasteiger partial charge on any atom is 0.320 e. The Morgan fingerprint density at radius 3 is 2.83 bits per heavy atom. The van der Waals surface area contributed by atoms with Crippen LogP contribution in [0, 0.1) is 12.8 Å². The van der Waals surface area contributed by atoms with Gasteiger partial charge in [-0.05, 0) is 13.3 Å². The fraction of sp³-hybridized carbons (Fsp3) is 0.545. The smallest absolute Gasteiger partial charge is 0.320 e. The van der Waals surface area contributed by atoms with Gasteiger partial charge in [-0.1, -0.05) is 5.16 Å². The fourth-order valence-electron chi connectivity index (χ4n) is 2.02. The third-order valence-electron chi connectivity index (χ3n) is 3.02. The number of carbonyl (C=O) groups is 2. The topological polar surface area (TPSA) is 113 Å². The molecular formula is C11H14N2O5. The van der Waals surface area contributed by atoms with E-state index >= 15 is 0 Å². The highest BCUT2D eigenvalue weighted by atomic mass is 16.5. The van der Waals surface area contributed by atoms with E-state index in [0.717, 1.165) is 0 Å². The van der Waals surface area contributed by atoms with Crippen LogP contribution in [0.2, 0.25) is 0 Å². The standard InChI is InChI=1S/C11H14N2O5/c1-5-2-8(18-13-5)10(15)9(14)6-3-7(11(16)17)12-4-6/h2,6-7,10,12,15H,3-4H2,1H3,(H,16,17). The van der Waals surface area contributed by atoms with Gasteiger partial charge in [-0.2, -0.15) is 0 Å².